The van der Waals surface area contributed by atoms with Crippen molar-refractivity contribution in [2.75, 3.05) is 20.8 Å². The molecular formula is C12H14O4. The van der Waals surface area contributed by atoms with Gasteiger partial charge in [-0.2, -0.15) is 0 Å². The number of ether oxygens (including phenoxy) is 3. The maximum absolute atomic E-state index is 9.96. The molecule has 1 aromatic rings. The van der Waals surface area contributed by atoms with Gasteiger partial charge < -0.3 is 14.2 Å². The van der Waals surface area contributed by atoms with Crippen molar-refractivity contribution in [3.05, 3.63) is 29.8 Å². The minimum atomic E-state index is 0.227. The minimum Gasteiger partial charge on any atom is -0.496 e. The van der Waals surface area contributed by atoms with Crippen molar-refractivity contribution in [2.45, 2.75) is 0 Å². The van der Waals surface area contributed by atoms with E-state index in [2.05, 4.69) is 4.74 Å². The van der Waals surface area contributed by atoms with E-state index in [1.807, 2.05) is 18.2 Å². The molecule has 0 aliphatic rings. The Labute approximate surface area is 94.4 Å². The first-order valence-electron chi connectivity index (χ1n) is 4.76. The lowest BCUT2D eigenvalue weighted by Gasteiger charge is -2.09. The molecule has 0 aliphatic carbocycles. The van der Waals surface area contributed by atoms with Gasteiger partial charge in [-0.15, -0.1) is 0 Å². The van der Waals surface area contributed by atoms with Gasteiger partial charge in [-0.1, -0.05) is 6.07 Å². The number of methoxy groups -OCH3 is 2. The lowest BCUT2D eigenvalue weighted by Crippen LogP contribution is -1.92. The van der Waals surface area contributed by atoms with Crippen LogP contribution in [0, 0.1) is 0 Å². The Bertz CT molecular complexity index is 349. The highest BCUT2D eigenvalue weighted by Gasteiger charge is 2.05. The first-order chi connectivity index (χ1) is 7.83. The smallest absolute Gasteiger partial charge is 0.293 e. The van der Waals surface area contributed by atoms with E-state index >= 15 is 0 Å². The van der Waals surface area contributed by atoms with Crippen LogP contribution in [0.5, 0.6) is 11.5 Å². The van der Waals surface area contributed by atoms with Crippen molar-refractivity contribution in [1.29, 1.82) is 0 Å². The van der Waals surface area contributed by atoms with Crippen molar-refractivity contribution in [3.8, 4) is 11.5 Å². The van der Waals surface area contributed by atoms with Gasteiger partial charge >= 0.3 is 0 Å². The quantitative estimate of drug-likeness (QED) is 0.544. The van der Waals surface area contributed by atoms with E-state index < -0.39 is 0 Å². The molecule has 0 saturated carbocycles. The fraction of sp³-hybridized carbons (Fsp3) is 0.250. The van der Waals surface area contributed by atoms with Gasteiger partial charge in [0.2, 0.25) is 0 Å². The zero-order valence-corrected chi connectivity index (χ0v) is 9.30. The summed E-state index contributed by atoms with van der Waals surface area (Å²) < 4.78 is 15.0. The zero-order valence-electron chi connectivity index (χ0n) is 9.30. The molecular weight excluding hydrogens is 208 g/mol. The predicted molar refractivity (Wildman–Crippen MR) is 60.6 cm³/mol. The highest BCUT2D eigenvalue weighted by atomic mass is 16.5. The van der Waals surface area contributed by atoms with Crippen molar-refractivity contribution in [1.82, 2.24) is 0 Å². The molecule has 0 N–H and O–H groups in total. The Morgan fingerprint density at radius 1 is 1.19 bits per heavy atom. The summed E-state index contributed by atoms with van der Waals surface area (Å²) in [7, 11) is 3.18. The Morgan fingerprint density at radius 3 is 2.31 bits per heavy atom. The average Bonchev–Trinajstić information content (AvgIpc) is 2.34. The standard InChI is InChI=1S/C12H14O4/c1-14-11-6-3-7-12(15-2)10(11)5-4-8-16-9-13/h3-7,9H,8H2,1-2H3/b5-4+. The number of rotatable bonds is 6. The molecule has 4 nitrogen and oxygen atoms in total. The maximum atomic E-state index is 9.96. The molecule has 1 rings (SSSR count). The van der Waals surface area contributed by atoms with Crippen LogP contribution in [0.1, 0.15) is 5.56 Å². The van der Waals surface area contributed by atoms with Crippen LogP contribution in [0.25, 0.3) is 6.08 Å². The zero-order chi connectivity index (χ0) is 11.8. The molecule has 86 valence electrons. The van der Waals surface area contributed by atoms with E-state index in [1.54, 1.807) is 26.4 Å². The summed E-state index contributed by atoms with van der Waals surface area (Å²) in [5.41, 5.74) is 0.821. The fourth-order valence-corrected chi connectivity index (χ4v) is 1.30. The van der Waals surface area contributed by atoms with Gasteiger partial charge in [0.1, 0.15) is 18.1 Å². The van der Waals surface area contributed by atoms with Gasteiger partial charge in [-0.3, -0.25) is 4.79 Å². The molecule has 0 radical (unpaired) electrons. The van der Waals surface area contributed by atoms with Crippen LogP contribution in [0.3, 0.4) is 0 Å². The fourth-order valence-electron chi connectivity index (χ4n) is 1.30. The minimum absolute atomic E-state index is 0.227. The molecule has 0 atom stereocenters. The van der Waals surface area contributed by atoms with Crippen LogP contribution in [-0.4, -0.2) is 27.3 Å². The second-order valence-corrected chi connectivity index (χ2v) is 2.91. The molecule has 1 aromatic carbocycles. The molecule has 0 bridgehead atoms. The van der Waals surface area contributed by atoms with Crippen molar-refractivity contribution >= 4 is 12.5 Å². The Kier molecular flexibility index (Phi) is 4.92. The first kappa shape index (κ1) is 12.1. The van der Waals surface area contributed by atoms with Gasteiger partial charge in [0, 0.05) is 0 Å². The van der Waals surface area contributed by atoms with Gasteiger partial charge in [0.25, 0.3) is 6.47 Å². The number of carbonyl (C=O) groups is 1. The van der Waals surface area contributed by atoms with Crippen LogP contribution in [0.15, 0.2) is 24.3 Å². The van der Waals surface area contributed by atoms with Crippen LogP contribution in [-0.2, 0) is 9.53 Å². The Morgan fingerprint density at radius 2 is 1.81 bits per heavy atom. The van der Waals surface area contributed by atoms with E-state index in [1.165, 1.54) is 0 Å². The largest absolute Gasteiger partial charge is 0.496 e. The number of benzene rings is 1. The van der Waals surface area contributed by atoms with E-state index in [4.69, 9.17) is 9.47 Å². The summed E-state index contributed by atoms with van der Waals surface area (Å²) in [4.78, 5) is 9.96. The SMILES string of the molecule is COc1cccc(OC)c1/C=C/COC=O. The third kappa shape index (κ3) is 3.02. The highest BCUT2D eigenvalue weighted by molar-refractivity contribution is 5.64. The predicted octanol–water partition coefficient (Wildman–Crippen LogP) is 1.89. The van der Waals surface area contributed by atoms with E-state index in [-0.39, 0.29) is 6.61 Å². The van der Waals surface area contributed by atoms with Gasteiger partial charge in [-0.05, 0) is 24.3 Å². The molecule has 0 aliphatic heterocycles. The first-order valence-corrected chi connectivity index (χ1v) is 4.76. The Balaban J connectivity index is 2.90. The number of hydrogen-bond acceptors (Lipinski definition) is 4. The summed E-state index contributed by atoms with van der Waals surface area (Å²) in [6.07, 6.45) is 3.51. The number of carbonyl (C=O) groups excluding carboxylic acids is 1. The van der Waals surface area contributed by atoms with Crippen molar-refractivity contribution in [3.63, 3.8) is 0 Å². The van der Waals surface area contributed by atoms with Crippen LogP contribution in [0.2, 0.25) is 0 Å². The molecule has 0 saturated heterocycles. The van der Waals surface area contributed by atoms with Crippen LogP contribution >= 0.6 is 0 Å². The van der Waals surface area contributed by atoms with Crippen molar-refractivity contribution in [2.24, 2.45) is 0 Å². The van der Waals surface area contributed by atoms with Gasteiger partial charge in [0.05, 0.1) is 19.8 Å². The van der Waals surface area contributed by atoms with E-state index in [0.717, 1.165) is 5.56 Å². The Hall–Kier alpha value is -1.97. The second kappa shape index (κ2) is 6.50. The van der Waals surface area contributed by atoms with E-state index in [0.29, 0.717) is 18.0 Å². The highest BCUT2D eigenvalue weighted by Crippen LogP contribution is 2.29. The normalized spacial score (nSPS) is 10.1. The van der Waals surface area contributed by atoms with Gasteiger partial charge in [-0.25, -0.2) is 0 Å². The average molecular weight is 222 g/mol. The monoisotopic (exact) mass is 222 g/mol. The summed E-state index contributed by atoms with van der Waals surface area (Å²) in [5, 5.41) is 0. The van der Waals surface area contributed by atoms with Crippen LogP contribution in [0.4, 0.5) is 0 Å². The number of hydrogen-bond donors (Lipinski definition) is 0. The summed E-state index contributed by atoms with van der Waals surface area (Å²) in [5.74, 6) is 1.42. The molecule has 0 heterocycles. The second-order valence-electron chi connectivity index (χ2n) is 2.91. The third-order valence-corrected chi connectivity index (χ3v) is 2.01. The molecule has 4 heteroatoms. The topological polar surface area (TPSA) is 44.8 Å². The lowest BCUT2D eigenvalue weighted by atomic mass is 10.1. The van der Waals surface area contributed by atoms with Gasteiger partial charge in [0.15, 0.2) is 0 Å². The summed E-state index contributed by atoms with van der Waals surface area (Å²) in [6.45, 7) is 0.633. The van der Waals surface area contributed by atoms with Crippen LogP contribution < -0.4 is 9.47 Å². The summed E-state index contributed by atoms with van der Waals surface area (Å²) >= 11 is 0. The maximum Gasteiger partial charge on any atom is 0.293 e. The van der Waals surface area contributed by atoms with E-state index in [9.17, 15) is 4.79 Å². The lowest BCUT2D eigenvalue weighted by molar-refractivity contribution is -0.127. The molecule has 0 spiro atoms. The summed E-state index contributed by atoms with van der Waals surface area (Å²) in [6, 6.07) is 5.52. The molecule has 0 unspecified atom stereocenters. The molecule has 0 fully saturated rings. The third-order valence-electron chi connectivity index (χ3n) is 2.01. The molecule has 0 aromatic heterocycles. The molecule has 16 heavy (non-hydrogen) atoms. The molecule has 0 amide bonds. The van der Waals surface area contributed by atoms with Crippen molar-refractivity contribution < 1.29 is 19.0 Å².